The van der Waals surface area contributed by atoms with Crippen LogP contribution in [0.1, 0.15) is 11.4 Å². The zero-order valence-electron chi connectivity index (χ0n) is 13.9. The van der Waals surface area contributed by atoms with Gasteiger partial charge in [-0.3, -0.25) is 13.8 Å². The van der Waals surface area contributed by atoms with E-state index < -0.39 is 11.7 Å². The monoisotopic (exact) mass is 391 g/mol. The van der Waals surface area contributed by atoms with Crippen molar-refractivity contribution in [2.45, 2.75) is 17.1 Å². The Balaban J connectivity index is 1.69. The molecule has 138 valence electrons. The third-order valence-electron chi connectivity index (χ3n) is 4.10. The van der Waals surface area contributed by atoms with E-state index in [-0.39, 0.29) is 11.3 Å². The molecular weight excluding hydrogens is 379 g/mol. The molecule has 3 heterocycles. The minimum atomic E-state index is -4.45. The number of halogens is 3. The number of benzene rings is 1. The van der Waals surface area contributed by atoms with E-state index >= 15 is 0 Å². The molecule has 0 bridgehead atoms. The summed E-state index contributed by atoms with van der Waals surface area (Å²) in [6, 6.07) is 9.23. The molecule has 1 aromatic carbocycles. The summed E-state index contributed by atoms with van der Waals surface area (Å²) < 4.78 is 41.5. The SMILES string of the molecule is Cn1c(CSc2nnc3ccc(C(F)(F)F)cn23)nc2ccccc2c1=O. The predicted octanol–water partition coefficient (Wildman–Crippen LogP) is 3.29. The Kier molecular flexibility index (Phi) is 4.14. The largest absolute Gasteiger partial charge is 0.417 e. The zero-order valence-corrected chi connectivity index (χ0v) is 14.8. The Labute approximate surface area is 154 Å². The van der Waals surface area contributed by atoms with Gasteiger partial charge in [0.2, 0.25) is 0 Å². The number of nitrogens with zero attached hydrogens (tertiary/aromatic N) is 5. The zero-order chi connectivity index (χ0) is 19.2. The highest BCUT2D eigenvalue weighted by Crippen LogP contribution is 2.30. The highest BCUT2D eigenvalue weighted by atomic mass is 32.2. The van der Waals surface area contributed by atoms with Crippen molar-refractivity contribution in [2.75, 3.05) is 0 Å². The summed E-state index contributed by atoms with van der Waals surface area (Å²) in [5, 5.41) is 8.62. The lowest BCUT2D eigenvalue weighted by molar-refractivity contribution is -0.137. The molecule has 0 radical (unpaired) electrons. The van der Waals surface area contributed by atoms with E-state index in [9.17, 15) is 18.0 Å². The Morgan fingerprint density at radius 2 is 1.89 bits per heavy atom. The van der Waals surface area contributed by atoms with Crippen LogP contribution >= 0.6 is 11.8 Å². The number of hydrogen-bond acceptors (Lipinski definition) is 5. The van der Waals surface area contributed by atoms with Gasteiger partial charge in [0.1, 0.15) is 5.82 Å². The lowest BCUT2D eigenvalue weighted by Gasteiger charge is -2.09. The molecule has 27 heavy (non-hydrogen) atoms. The minimum Gasteiger partial charge on any atom is -0.299 e. The molecule has 0 spiro atoms. The summed E-state index contributed by atoms with van der Waals surface area (Å²) in [4.78, 5) is 16.9. The number of aromatic nitrogens is 5. The minimum absolute atomic E-state index is 0.179. The maximum absolute atomic E-state index is 12.9. The first-order valence-electron chi connectivity index (χ1n) is 7.84. The molecule has 0 aliphatic carbocycles. The molecule has 4 aromatic rings. The normalized spacial score (nSPS) is 12.1. The number of hydrogen-bond donors (Lipinski definition) is 0. The van der Waals surface area contributed by atoms with Crippen molar-refractivity contribution in [2.24, 2.45) is 7.05 Å². The molecule has 0 atom stereocenters. The number of alkyl halides is 3. The standard InChI is InChI=1S/C17H12F3N5OS/c1-24-14(21-12-5-3-2-4-11(12)15(24)26)9-27-16-23-22-13-7-6-10(8-25(13)16)17(18,19)20/h2-8H,9H2,1H3. The van der Waals surface area contributed by atoms with E-state index in [1.165, 1.54) is 15.0 Å². The number of fused-ring (bicyclic) bond motifs is 2. The number of rotatable bonds is 3. The maximum atomic E-state index is 12.9. The topological polar surface area (TPSA) is 65.1 Å². The number of thioether (sulfide) groups is 1. The molecule has 0 amide bonds. The van der Waals surface area contributed by atoms with Gasteiger partial charge in [0, 0.05) is 13.2 Å². The Morgan fingerprint density at radius 3 is 2.67 bits per heavy atom. The van der Waals surface area contributed by atoms with Gasteiger partial charge < -0.3 is 0 Å². The molecule has 0 saturated heterocycles. The predicted molar refractivity (Wildman–Crippen MR) is 94.5 cm³/mol. The summed E-state index contributed by atoms with van der Waals surface area (Å²) in [6.45, 7) is 0. The first-order chi connectivity index (χ1) is 12.8. The average Bonchev–Trinajstić information content (AvgIpc) is 3.05. The summed E-state index contributed by atoms with van der Waals surface area (Å²) >= 11 is 1.16. The molecule has 10 heteroatoms. The lowest BCUT2D eigenvalue weighted by atomic mass is 10.2. The highest BCUT2D eigenvalue weighted by molar-refractivity contribution is 7.98. The molecule has 0 fully saturated rings. The van der Waals surface area contributed by atoms with Crippen molar-refractivity contribution in [3.8, 4) is 0 Å². The van der Waals surface area contributed by atoms with Gasteiger partial charge in [0.05, 0.1) is 22.2 Å². The van der Waals surface area contributed by atoms with Gasteiger partial charge in [0.15, 0.2) is 10.8 Å². The van der Waals surface area contributed by atoms with Crippen LogP contribution in [-0.4, -0.2) is 24.1 Å². The summed E-state index contributed by atoms with van der Waals surface area (Å²) in [6.07, 6.45) is -3.49. The molecule has 0 unspecified atom stereocenters. The molecule has 0 aliphatic rings. The first kappa shape index (κ1) is 17.5. The molecule has 3 aromatic heterocycles. The fourth-order valence-corrected chi connectivity index (χ4v) is 3.56. The van der Waals surface area contributed by atoms with E-state index in [1.54, 1.807) is 31.3 Å². The summed E-state index contributed by atoms with van der Waals surface area (Å²) in [5.41, 5.74) is -0.0814. The maximum Gasteiger partial charge on any atom is 0.417 e. The van der Waals surface area contributed by atoms with Gasteiger partial charge in [-0.05, 0) is 24.3 Å². The van der Waals surface area contributed by atoms with Gasteiger partial charge in [-0.15, -0.1) is 10.2 Å². The molecule has 0 aliphatic heterocycles. The second kappa shape index (κ2) is 6.38. The summed E-state index contributed by atoms with van der Waals surface area (Å²) in [5.74, 6) is 0.751. The third kappa shape index (κ3) is 3.16. The highest BCUT2D eigenvalue weighted by Gasteiger charge is 2.31. The van der Waals surface area contributed by atoms with Crippen molar-refractivity contribution in [3.05, 3.63) is 64.3 Å². The quantitative estimate of drug-likeness (QED) is 0.502. The van der Waals surface area contributed by atoms with E-state index in [1.807, 2.05) is 0 Å². The van der Waals surface area contributed by atoms with Crippen LogP contribution in [-0.2, 0) is 19.0 Å². The molecule has 0 saturated carbocycles. The fourth-order valence-electron chi connectivity index (χ4n) is 2.66. The van der Waals surface area contributed by atoms with Crippen LogP contribution in [0.4, 0.5) is 13.2 Å². The number of para-hydroxylation sites is 1. The summed E-state index contributed by atoms with van der Waals surface area (Å²) in [7, 11) is 1.61. The van der Waals surface area contributed by atoms with Gasteiger partial charge in [0.25, 0.3) is 5.56 Å². The van der Waals surface area contributed by atoms with Gasteiger partial charge >= 0.3 is 6.18 Å². The Morgan fingerprint density at radius 1 is 1.11 bits per heavy atom. The van der Waals surface area contributed by atoms with Crippen LogP contribution in [0.3, 0.4) is 0 Å². The number of pyridine rings is 1. The molecule has 4 rings (SSSR count). The smallest absolute Gasteiger partial charge is 0.299 e. The molecular formula is C17H12F3N5OS. The van der Waals surface area contributed by atoms with Crippen LogP contribution in [0.5, 0.6) is 0 Å². The van der Waals surface area contributed by atoms with Crippen molar-refractivity contribution < 1.29 is 13.2 Å². The lowest BCUT2D eigenvalue weighted by Crippen LogP contribution is -2.21. The van der Waals surface area contributed by atoms with Gasteiger partial charge in [-0.1, -0.05) is 23.9 Å². The van der Waals surface area contributed by atoms with Crippen molar-refractivity contribution in [1.82, 2.24) is 24.1 Å². The molecule has 0 N–H and O–H groups in total. The average molecular weight is 391 g/mol. The van der Waals surface area contributed by atoms with Crippen LogP contribution in [0.2, 0.25) is 0 Å². The second-order valence-corrected chi connectivity index (χ2v) is 6.77. The van der Waals surface area contributed by atoms with Crippen molar-refractivity contribution in [3.63, 3.8) is 0 Å². The Bertz CT molecular complexity index is 1210. The van der Waals surface area contributed by atoms with Crippen molar-refractivity contribution >= 4 is 28.3 Å². The van der Waals surface area contributed by atoms with Gasteiger partial charge in [-0.2, -0.15) is 13.2 Å². The first-order valence-corrected chi connectivity index (χ1v) is 8.82. The second-order valence-electron chi connectivity index (χ2n) is 5.82. The van der Waals surface area contributed by atoms with Crippen LogP contribution in [0, 0.1) is 0 Å². The fraction of sp³-hybridized carbons (Fsp3) is 0.176. The molecule has 6 nitrogen and oxygen atoms in total. The van der Waals surface area contributed by atoms with Crippen LogP contribution in [0.25, 0.3) is 16.6 Å². The van der Waals surface area contributed by atoms with Crippen molar-refractivity contribution in [1.29, 1.82) is 0 Å². The van der Waals surface area contributed by atoms with E-state index in [2.05, 4.69) is 15.2 Å². The van der Waals surface area contributed by atoms with Gasteiger partial charge in [-0.25, -0.2) is 4.98 Å². The van der Waals surface area contributed by atoms with E-state index in [4.69, 9.17) is 0 Å². The Hall–Kier alpha value is -2.88. The third-order valence-corrected chi connectivity index (χ3v) is 5.04. The van der Waals surface area contributed by atoms with E-state index in [0.29, 0.717) is 27.5 Å². The van der Waals surface area contributed by atoms with Crippen LogP contribution < -0.4 is 5.56 Å². The van der Waals surface area contributed by atoms with E-state index in [0.717, 1.165) is 24.0 Å². The van der Waals surface area contributed by atoms with Crippen LogP contribution in [0.15, 0.2) is 52.5 Å².